The summed E-state index contributed by atoms with van der Waals surface area (Å²) in [5.41, 5.74) is 4.68. The number of anilines is 1. The Morgan fingerprint density at radius 2 is 1.91 bits per heavy atom. The van der Waals surface area contributed by atoms with Crippen molar-refractivity contribution in [3.8, 4) is 6.07 Å². The smallest absolute Gasteiger partial charge is 0.368 e. The van der Waals surface area contributed by atoms with Gasteiger partial charge in [0.15, 0.2) is 0 Å². The van der Waals surface area contributed by atoms with E-state index in [9.17, 15) is 18.0 Å². The number of primary amides is 1. The Morgan fingerprint density at radius 3 is 2.39 bits per heavy atom. The highest BCUT2D eigenvalue weighted by atomic mass is 19.4. The van der Waals surface area contributed by atoms with Gasteiger partial charge < -0.3 is 10.6 Å². The van der Waals surface area contributed by atoms with Gasteiger partial charge in [0.25, 0.3) is 0 Å². The number of benzene rings is 1. The molecule has 1 aromatic rings. The minimum Gasteiger partial charge on any atom is -0.368 e. The minimum absolute atomic E-state index is 0.00271. The van der Waals surface area contributed by atoms with E-state index in [1.54, 1.807) is 11.8 Å². The van der Waals surface area contributed by atoms with E-state index in [1.807, 2.05) is 11.0 Å². The average molecular weight is 326 g/mol. The summed E-state index contributed by atoms with van der Waals surface area (Å²) in [7, 11) is 0. The van der Waals surface area contributed by atoms with Crippen LogP contribution in [-0.4, -0.2) is 43.0 Å². The lowest BCUT2D eigenvalue weighted by molar-refractivity contribution is -0.137. The quantitative estimate of drug-likeness (QED) is 0.915. The molecule has 0 unspecified atom stereocenters. The van der Waals surface area contributed by atoms with Crippen LogP contribution in [0.1, 0.15) is 18.1 Å². The number of carbonyl (C=O) groups excluding carboxylic acids is 1. The summed E-state index contributed by atoms with van der Waals surface area (Å²) >= 11 is 0. The summed E-state index contributed by atoms with van der Waals surface area (Å²) in [5, 5.41) is 8.92. The van der Waals surface area contributed by atoms with Gasteiger partial charge in [-0.3, -0.25) is 9.69 Å². The monoisotopic (exact) mass is 326 g/mol. The number of alkyl halides is 3. The second-order valence-corrected chi connectivity index (χ2v) is 5.44. The van der Waals surface area contributed by atoms with E-state index in [0.717, 1.165) is 12.1 Å². The van der Waals surface area contributed by atoms with Crippen LogP contribution in [0.15, 0.2) is 18.2 Å². The molecule has 1 aliphatic heterocycles. The molecule has 1 heterocycles. The molecule has 1 aromatic carbocycles. The van der Waals surface area contributed by atoms with Crippen LogP contribution in [0, 0.1) is 11.3 Å². The minimum atomic E-state index is -4.49. The average Bonchev–Trinajstić information content (AvgIpc) is 2.52. The first kappa shape index (κ1) is 17.1. The first-order chi connectivity index (χ1) is 10.7. The van der Waals surface area contributed by atoms with E-state index in [-0.39, 0.29) is 11.3 Å². The van der Waals surface area contributed by atoms with E-state index in [1.165, 1.54) is 6.07 Å². The summed E-state index contributed by atoms with van der Waals surface area (Å²) in [6, 6.07) is 4.77. The van der Waals surface area contributed by atoms with Gasteiger partial charge >= 0.3 is 6.18 Å². The lowest BCUT2D eigenvalue weighted by atomic mass is 10.1. The van der Waals surface area contributed by atoms with Crippen LogP contribution in [0.5, 0.6) is 0 Å². The number of carbonyl (C=O) groups is 1. The molecule has 1 atom stereocenters. The fourth-order valence-corrected chi connectivity index (χ4v) is 2.63. The first-order valence-corrected chi connectivity index (χ1v) is 7.13. The number of piperazine rings is 1. The molecule has 0 aromatic heterocycles. The molecule has 2 rings (SSSR count). The summed E-state index contributed by atoms with van der Waals surface area (Å²) in [6.07, 6.45) is -4.49. The molecule has 5 nitrogen and oxygen atoms in total. The van der Waals surface area contributed by atoms with Gasteiger partial charge in [-0.05, 0) is 25.1 Å². The van der Waals surface area contributed by atoms with Crippen molar-refractivity contribution in [2.75, 3.05) is 31.1 Å². The zero-order valence-corrected chi connectivity index (χ0v) is 12.6. The standard InChI is InChI=1S/C15H17F3N4O/c1-10(14(20)23)21-4-6-22(7-5-21)13-8-11(9-19)2-3-12(13)15(16,17)18/h2-3,8,10H,4-7H2,1H3,(H2,20,23)/t10-/m0/s1. The molecule has 8 heteroatoms. The summed E-state index contributed by atoms with van der Waals surface area (Å²) in [6.45, 7) is 3.19. The molecule has 0 bridgehead atoms. The van der Waals surface area contributed by atoms with Gasteiger partial charge in [-0.2, -0.15) is 18.4 Å². The van der Waals surface area contributed by atoms with Gasteiger partial charge in [-0.15, -0.1) is 0 Å². The number of halogens is 3. The number of hydrogen-bond acceptors (Lipinski definition) is 4. The van der Waals surface area contributed by atoms with E-state index in [0.29, 0.717) is 26.2 Å². The number of rotatable bonds is 3. The summed E-state index contributed by atoms with van der Waals surface area (Å²) in [4.78, 5) is 14.6. The molecule has 23 heavy (non-hydrogen) atoms. The third-order valence-corrected chi connectivity index (χ3v) is 4.05. The van der Waals surface area contributed by atoms with Gasteiger partial charge in [0.2, 0.25) is 5.91 Å². The molecule has 1 aliphatic rings. The predicted octanol–water partition coefficient (Wildman–Crippen LogP) is 1.57. The van der Waals surface area contributed by atoms with Crippen molar-refractivity contribution >= 4 is 11.6 Å². The fraction of sp³-hybridized carbons (Fsp3) is 0.467. The van der Waals surface area contributed by atoms with Crippen molar-refractivity contribution in [1.82, 2.24) is 4.90 Å². The highest BCUT2D eigenvalue weighted by molar-refractivity contribution is 5.79. The van der Waals surface area contributed by atoms with E-state index >= 15 is 0 Å². The zero-order valence-electron chi connectivity index (χ0n) is 12.6. The van der Waals surface area contributed by atoms with E-state index in [4.69, 9.17) is 11.0 Å². The maximum atomic E-state index is 13.2. The maximum Gasteiger partial charge on any atom is 0.418 e. The molecule has 0 spiro atoms. The molecule has 0 saturated carbocycles. The topological polar surface area (TPSA) is 73.4 Å². The van der Waals surface area contributed by atoms with Crippen LogP contribution in [0.25, 0.3) is 0 Å². The van der Waals surface area contributed by atoms with Crippen molar-refractivity contribution in [2.45, 2.75) is 19.1 Å². The number of hydrogen-bond donors (Lipinski definition) is 1. The van der Waals surface area contributed by atoms with Crippen LogP contribution < -0.4 is 10.6 Å². The number of nitrogens with zero attached hydrogens (tertiary/aromatic N) is 3. The Kier molecular flexibility index (Phi) is 4.80. The van der Waals surface area contributed by atoms with Crippen LogP contribution in [0.2, 0.25) is 0 Å². The molecule has 0 radical (unpaired) electrons. The highest BCUT2D eigenvalue weighted by Crippen LogP contribution is 2.37. The molecule has 1 fully saturated rings. The highest BCUT2D eigenvalue weighted by Gasteiger charge is 2.36. The molecular formula is C15H17F3N4O. The van der Waals surface area contributed by atoms with Crippen molar-refractivity contribution in [3.63, 3.8) is 0 Å². The SMILES string of the molecule is C[C@@H](C(N)=O)N1CCN(c2cc(C#N)ccc2C(F)(F)F)CC1. The van der Waals surface area contributed by atoms with Crippen LogP contribution >= 0.6 is 0 Å². The molecule has 124 valence electrons. The normalized spacial score (nSPS) is 17.6. The first-order valence-electron chi connectivity index (χ1n) is 7.13. The Bertz CT molecular complexity index is 631. The maximum absolute atomic E-state index is 13.2. The Balaban J connectivity index is 2.23. The number of amides is 1. The molecule has 0 aliphatic carbocycles. The fourth-order valence-electron chi connectivity index (χ4n) is 2.63. The van der Waals surface area contributed by atoms with Crippen LogP contribution in [0.4, 0.5) is 18.9 Å². The van der Waals surface area contributed by atoms with Gasteiger partial charge in [0.1, 0.15) is 0 Å². The zero-order chi connectivity index (χ0) is 17.2. The van der Waals surface area contributed by atoms with Crippen LogP contribution in [-0.2, 0) is 11.0 Å². The molecular weight excluding hydrogens is 309 g/mol. The third-order valence-electron chi connectivity index (χ3n) is 4.05. The second-order valence-electron chi connectivity index (χ2n) is 5.44. The summed E-state index contributed by atoms with van der Waals surface area (Å²) < 4.78 is 39.5. The number of nitriles is 1. The van der Waals surface area contributed by atoms with Crippen LogP contribution in [0.3, 0.4) is 0 Å². The van der Waals surface area contributed by atoms with Gasteiger partial charge in [-0.1, -0.05) is 0 Å². The molecule has 2 N–H and O–H groups in total. The van der Waals surface area contributed by atoms with Crippen molar-refractivity contribution in [1.29, 1.82) is 5.26 Å². The predicted molar refractivity (Wildman–Crippen MR) is 78.6 cm³/mol. The van der Waals surface area contributed by atoms with Crippen molar-refractivity contribution in [3.05, 3.63) is 29.3 Å². The lowest BCUT2D eigenvalue weighted by Gasteiger charge is -2.39. The van der Waals surface area contributed by atoms with Crippen molar-refractivity contribution < 1.29 is 18.0 Å². The summed E-state index contributed by atoms with van der Waals surface area (Å²) in [5.74, 6) is -0.457. The van der Waals surface area contributed by atoms with Gasteiger partial charge in [0, 0.05) is 26.2 Å². The third kappa shape index (κ3) is 3.74. The Hall–Kier alpha value is -2.27. The van der Waals surface area contributed by atoms with Gasteiger partial charge in [-0.25, -0.2) is 0 Å². The molecule has 1 saturated heterocycles. The van der Waals surface area contributed by atoms with Crippen molar-refractivity contribution in [2.24, 2.45) is 5.73 Å². The van der Waals surface area contributed by atoms with E-state index < -0.39 is 23.7 Å². The lowest BCUT2D eigenvalue weighted by Crippen LogP contribution is -2.53. The Morgan fingerprint density at radius 1 is 1.30 bits per heavy atom. The Labute approximate surface area is 132 Å². The molecule has 1 amide bonds. The van der Waals surface area contributed by atoms with E-state index in [2.05, 4.69) is 0 Å². The number of nitrogens with two attached hydrogens (primary N) is 1. The largest absolute Gasteiger partial charge is 0.418 e. The van der Waals surface area contributed by atoms with Gasteiger partial charge in [0.05, 0.1) is 28.9 Å². The second kappa shape index (κ2) is 6.46.